The molecule has 0 spiro atoms. The number of amides is 1. The first-order chi connectivity index (χ1) is 10.1. The smallest absolute Gasteiger partial charge is 0.262 e. The highest BCUT2D eigenvalue weighted by Crippen LogP contribution is 2.20. The summed E-state index contributed by atoms with van der Waals surface area (Å²) in [6.07, 6.45) is 0. The van der Waals surface area contributed by atoms with Gasteiger partial charge in [0.2, 0.25) is 0 Å². The molecule has 0 saturated carbocycles. The summed E-state index contributed by atoms with van der Waals surface area (Å²) in [6, 6.07) is 12.4. The number of hydrogen-bond donors (Lipinski definition) is 3. The number of aliphatic hydroxyl groups is 1. The number of nitrogens with one attached hydrogen (secondary N) is 1. The van der Waals surface area contributed by atoms with E-state index in [0.29, 0.717) is 22.7 Å². The molecule has 4 N–H and O–H groups in total. The van der Waals surface area contributed by atoms with Crippen molar-refractivity contribution in [2.45, 2.75) is 13.5 Å². The van der Waals surface area contributed by atoms with Gasteiger partial charge in [-0.05, 0) is 30.7 Å². The van der Waals surface area contributed by atoms with Crippen LogP contribution in [-0.2, 0) is 11.4 Å². The van der Waals surface area contributed by atoms with E-state index in [1.54, 1.807) is 36.4 Å². The number of carbonyl (C=O) groups excluding carboxylic acids is 1. The van der Waals surface area contributed by atoms with Gasteiger partial charge in [-0.1, -0.05) is 24.3 Å². The molecular formula is C16H18N2O3. The molecule has 0 atom stereocenters. The monoisotopic (exact) mass is 286 g/mol. The lowest BCUT2D eigenvalue weighted by Crippen LogP contribution is -2.21. The molecule has 21 heavy (non-hydrogen) atoms. The summed E-state index contributed by atoms with van der Waals surface area (Å²) in [7, 11) is 0. The summed E-state index contributed by atoms with van der Waals surface area (Å²) < 4.78 is 5.41. The Bertz CT molecular complexity index is 641. The second kappa shape index (κ2) is 6.76. The molecule has 0 aliphatic carbocycles. The highest BCUT2D eigenvalue weighted by molar-refractivity contribution is 5.94. The molecule has 5 heteroatoms. The molecule has 2 aromatic rings. The second-order valence-corrected chi connectivity index (χ2v) is 4.69. The zero-order chi connectivity index (χ0) is 15.2. The SMILES string of the molecule is Cc1ccc(NC(=O)COc2ccccc2CO)c(N)c1. The molecule has 2 aromatic carbocycles. The molecule has 0 unspecified atom stereocenters. The topological polar surface area (TPSA) is 84.6 Å². The summed E-state index contributed by atoms with van der Waals surface area (Å²) in [5.41, 5.74) is 8.57. The Balaban J connectivity index is 1.96. The summed E-state index contributed by atoms with van der Waals surface area (Å²) in [6.45, 7) is 1.64. The largest absolute Gasteiger partial charge is 0.483 e. The lowest BCUT2D eigenvalue weighted by Gasteiger charge is -2.11. The predicted molar refractivity (Wildman–Crippen MR) is 82.1 cm³/mol. The van der Waals surface area contributed by atoms with E-state index in [1.165, 1.54) is 0 Å². The molecule has 0 bridgehead atoms. The molecule has 5 nitrogen and oxygen atoms in total. The number of carbonyl (C=O) groups is 1. The normalized spacial score (nSPS) is 10.2. The van der Waals surface area contributed by atoms with E-state index in [0.717, 1.165) is 5.56 Å². The zero-order valence-corrected chi connectivity index (χ0v) is 11.8. The molecule has 1 amide bonds. The standard InChI is InChI=1S/C16H18N2O3/c1-11-6-7-14(13(17)8-11)18-16(20)10-21-15-5-3-2-4-12(15)9-19/h2-8,19H,9-10,17H2,1H3,(H,18,20). The zero-order valence-electron chi connectivity index (χ0n) is 11.8. The Morgan fingerprint density at radius 3 is 2.76 bits per heavy atom. The fourth-order valence-electron chi connectivity index (χ4n) is 1.90. The quantitative estimate of drug-likeness (QED) is 0.735. The number of nitrogens with two attached hydrogens (primary N) is 1. The summed E-state index contributed by atoms with van der Waals surface area (Å²) in [5, 5.41) is 11.9. The van der Waals surface area contributed by atoms with Gasteiger partial charge in [0.1, 0.15) is 5.75 Å². The molecule has 0 fully saturated rings. The van der Waals surface area contributed by atoms with Crippen molar-refractivity contribution < 1.29 is 14.6 Å². The van der Waals surface area contributed by atoms with Crippen LogP contribution >= 0.6 is 0 Å². The molecule has 110 valence electrons. The fourth-order valence-corrected chi connectivity index (χ4v) is 1.90. The molecule has 0 radical (unpaired) electrons. The van der Waals surface area contributed by atoms with Crippen LogP contribution in [-0.4, -0.2) is 17.6 Å². The van der Waals surface area contributed by atoms with Gasteiger partial charge >= 0.3 is 0 Å². The van der Waals surface area contributed by atoms with Crippen molar-refractivity contribution in [3.8, 4) is 5.75 Å². The van der Waals surface area contributed by atoms with E-state index in [9.17, 15) is 9.90 Å². The van der Waals surface area contributed by atoms with Crippen LogP contribution in [0.5, 0.6) is 5.75 Å². The number of ether oxygens (including phenoxy) is 1. The number of para-hydroxylation sites is 1. The summed E-state index contributed by atoms with van der Waals surface area (Å²) in [5.74, 6) is 0.185. The van der Waals surface area contributed by atoms with Crippen LogP contribution in [0.15, 0.2) is 42.5 Å². The maximum atomic E-state index is 11.9. The van der Waals surface area contributed by atoms with E-state index >= 15 is 0 Å². The van der Waals surface area contributed by atoms with E-state index in [1.807, 2.05) is 13.0 Å². The predicted octanol–water partition coefficient (Wildman–Crippen LogP) is 2.09. The van der Waals surface area contributed by atoms with Gasteiger partial charge in [-0.2, -0.15) is 0 Å². The van der Waals surface area contributed by atoms with Crippen molar-refractivity contribution >= 4 is 17.3 Å². The Morgan fingerprint density at radius 1 is 1.29 bits per heavy atom. The summed E-state index contributed by atoms with van der Waals surface area (Å²) >= 11 is 0. The summed E-state index contributed by atoms with van der Waals surface area (Å²) in [4.78, 5) is 11.9. The highest BCUT2D eigenvalue weighted by Gasteiger charge is 2.08. The Hall–Kier alpha value is -2.53. The van der Waals surface area contributed by atoms with E-state index in [4.69, 9.17) is 10.5 Å². The second-order valence-electron chi connectivity index (χ2n) is 4.69. The lowest BCUT2D eigenvalue weighted by molar-refractivity contribution is -0.118. The molecule has 0 aromatic heterocycles. The van der Waals surface area contributed by atoms with Gasteiger partial charge < -0.3 is 20.9 Å². The van der Waals surface area contributed by atoms with Crippen LogP contribution in [0.3, 0.4) is 0 Å². The van der Waals surface area contributed by atoms with Crippen molar-refractivity contribution in [1.82, 2.24) is 0 Å². The van der Waals surface area contributed by atoms with Crippen LogP contribution in [0.2, 0.25) is 0 Å². The number of nitrogen functional groups attached to an aromatic ring is 1. The van der Waals surface area contributed by atoms with E-state index < -0.39 is 0 Å². The molecule has 0 heterocycles. The Morgan fingerprint density at radius 2 is 2.05 bits per heavy atom. The van der Waals surface area contributed by atoms with Crippen molar-refractivity contribution in [3.63, 3.8) is 0 Å². The van der Waals surface area contributed by atoms with Gasteiger partial charge in [0.25, 0.3) is 5.91 Å². The van der Waals surface area contributed by atoms with Crippen LogP contribution in [0.25, 0.3) is 0 Å². The minimum Gasteiger partial charge on any atom is -0.483 e. The van der Waals surface area contributed by atoms with Crippen molar-refractivity contribution in [2.75, 3.05) is 17.7 Å². The maximum absolute atomic E-state index is 11.9. The third kappa shape index (κ3) is 3.97. The van der Waals surface area contributed by atoms with Crippen LogP contribution < -0.4 is 15.8 Å². The van der Waals surface area contributed by atoms with Gasteiger partial charge in [0.15, 0.2) is 6.61 Å². The van der Waals surface area contributed by atoms with Crippen molar-refractivity contribution in [2.24, 2.45) is 0 Å². The van der Waals surface area contributed by atoms with Crippen LogP contribution in [0, 0.1) is 6.92 Å². The maximum Gasteiger partial charge on any atom is 0.262 e. The Labute approximate surface area is 123 Å². The third-order valence-corrected chi connectivity index (χ3v) is 2.98. The highest BCUT2D eigenvalue weighted by atomic mass is 16.5. The molecule has 0 saturated heterocycles. The molecular weight excluding hydrogens is 268 g/mol. The third-order valence-electron chi connectivity index (χ3n) is 2.98. The average Bonchev–Trinajstić information content (AvgIpc) is 2.48. The van der Waals surface area contributed by atoms with Crippen LogP contribution in [0.1, 0.15) is 11.1 Å². The van der Waals surface area contributed by atoms with E-state index in [2.05, 4.69) is 5.32 Å². The molecule has 2 rings (SSSR count). The van der Waals surface area contributed by atoms with Gasteiger partial charge in [-0.25, -0.2) is 0 Å². The Kier molecular flexibility index (Phi) is 4.79. The minimum absolute atomic E-state index is 0.136. The van der Waals surface area contributed by atoms with Gasteiger partial charge in [0.05, 0.1) is 18.0 Å². The number of aryl methyl sites for hydroxylation is 1. The fraction of sp³-hybridized carbons (Fsp3) is 0.188. The van der Waals surface area contributed by atoms with Crippen LogP contribution in [0.4, 0.5) is 11.4 Å². The van der Waals surface area contributed by atoms with Gasteiger partial charge in [-0.3, -0.25) is 4.79 Å². The van der Waals surface area contributed by atoms with Crippen molar-refractivity contribution in [1.29, 1.82) is 0 Å². The number of hydrogen-bond acceptors (Lipinski definition) is 4. The number of aliphatic hydroxyl groups excluding tert-OH is 1. The number of rotatable bonds is 5. The average molecular weight is 286 g/mol. The van der Waals surface area contributed by atoms with Gasteiger partial charge in [0, 0.05) is 5.56 Å². The molecule has 0 aliphatic heterocycles. The first kappa shape index (κ1) is 14.9. The van der Waals surface area contributed by atoms with Gasteiger partial charge in [-0.15, -0.1) is 0 Å². The molecule has 0 aliphatic rings. The lowest BCUT2D eigenvalue weighted by atomic mass is 10.2. The number of anilines is 2. The van der Waals surface area contributed by atoms with Crippen molar-refractivity contribution in [3.05, 3.63) is 53.6 Å². The first-order valence-corrected chi connectivity index (χ1v) is 6.57. The van der Waals surface area contributed by atoms with E-state index in [-0.39, 0.29) is 19.1 Å². The minimum atomic E-state index is -0.307. The first-order valence-electron chi connectivity index (χ1n) is 6.57. The number of benzene rings is 2.